The van der Waals surface area contributed by atoms with E-state index < -0.39 is 0 Å². The number of rotatable bonds is 2. The molecule has 0 atom stereocenters. The van der Waals surface area contributed by atoms with E-state index >= 15 is 0 Å². The quantitative estimate of drug-likeness (QED) is 0.608. The fourth-order valence-corrected chi connectivity index (χ4v) is 3.32. The van der Waals surface area contributed by atoms with Crippen molar-refractivity contribution in [1.82, 2.24) is 19.7 Å². The van der Waals surface area contributed by atoms with E-state index in [0.717, 1.165) is 15.8 Å². The first-order valence-corrected chi connectivity index (χ1v) is 7.75. The van der Waals surface area contributed by atoms with Gasteiger partial charge >= 0.3 is 0 Å². The molecule has 0 aliphatic rings. The number of hydrogen-bond donors (Lipinski definition) is 1. The fraction of sp³-hybridized carbons (Fsp3) is 0. The van der Waals surface area contributed by atoms with Crippen LogP contribution in [0.1, 0.15) is 0 Å². The molecule has 4 aromatic rings. The largest absolute Gasteiger partial charge is 0.368 e. The molecule has 7 heteroatoms. The summed E-state index contributed by atoms with van der Waals surface area (Å²) in [6.45, 7) is 0. The molecule has 2 aromatic heterocycles. The van der Waals surface area contributed by atoms with Crippen LogP contribution >= 0.6 is 22.9 Å². The smallest absolute Gasteiger partial charge is 0.226 e. The lowest BCUT2D eigenvalue weighted by Gasteiger charge is -1.97. The topological polar surface area (TPSA) is 69.6 Å². The average Bonchev–Trinajstić information content (AvgIpc) is 3.10. The minimum absolute atomic E-state index is 0.286. The maximum absolute atomic E-state index is 6.19. The van der Waals surface area contributed by atoms with Crippen LogP contribution in [-0.2, 0) is 0 Å². The third-order valence-electron chi connectivity index (χ3n) is 3.21. The van der Waals surface area contributed by atoms with Crippen LogP contribution in [0.25, 0.3) is 26.7 Å². The SMILES string of the molecule is Nc1nc(-c2ccccc2Cl)nn1-c1nc2ccccc2s1. The van der Waals surface area contributed by atoms with E-state index in [-0.39, 0.29) is 5.95 Å². The summed E-state index contributed by atoms with van der Waals surface area (Å²) in [6, 6.07) is 15.3. The summed E-state index contributed by atoms with van der Waals surface area (Å²) in [6.07, 6.45) is 0. The molecule has 0 saturated heterocycles. The molecule has 0 fully saturated rings. The van der Waals surface area contributed by atoms with Gasteiger partial charge in [0.1, 0.15) is 0 Å². The minimum Gasteiger partial charge on any atom is -0.368 e. The molecule has 0 spiro atoms. The highest BCUT2D eigenvalue weighted by Gasteiger charge is 2.15. The second-order valence-electron chi connectivity index (χ2n) is 4.65. The molecule has 0 radical (unpaired) electrons. The fourth-order valence-electron chi connectivity index (χ4n) is 2.17. The molecule has 5 nitrogen and oxygen atoms in total. The van der Waals surface area contributed by atoms with Gasteiger partial charge in [0.25, 0.3) is 0 Å². The van der Waals surface area contributed by atoms with E-state index in [0.29, 0.717) is 16.0 Å². The summed E-state index contributed by atoms with van der Waals surface area (Å²) in [4.78, 5) is 8.84. The maximum Gasteiger partial charge on any atom is 0.226 e. The van der Waals surface area contributed by atoms with Crippen LogP contribution in [0, 0.1) is 0 Å². The zero-order valence-electron chi connectivity index (χ0n) is 11.3. The molecule has 108 valence electrons. The van der Waals surface area contributed by atoms with Crippen molar-refractivity contribution in [1.29, 1.82) is 0 Å². The highest BCUT2D eigenvalue weighted by molar-refractivity contribution is 7.20. The molecule has 0 bridgehead atoms. The second kappa shape index (κ2) is 5.08. The van der Waals surface area contributed by atoms with Crippen molar-refractivity contribution in [3.05, 3.63) is 53.6 Å². The number of para-hydroxylation sites is 1. The van der Waals surface area contributed by atoms with Crippen LogP contribution in [0.15, 0.2) is 48.5 Å². The van der Waals surface area contributed by atoms with Crippen molar-refractivity contribution in [2.45, 2.75) is 0 Å². The third kappa shape index (κ3) is 2.13. The Morgan fingerprint density at radius 3 is 2.59 bits per heavy atom. The Balaban J connectivity index is 1.85. The highest BCUT2D eigenvalue weighted by Crippen LogP contribution is 2.29. The molecule has 0 unspecified atom stereocenters. The first kappa shape index (κ1) is 13.2. The molecular formula is C15H10ClN5S. The number of thiazole rings is 1. The number of halogens is 1. The van der Waals surface area contributed by atoms with Crippen LogP contribution in [0.2, 0.25) is 5.02 Å². The van der Waals surface area contributed by atoms with Crippen LogP contribution in [-0.4, -0.2) is 19.7 Å². The summed E-state index contributed by atoms with van der Waals surface area (Å²) in [5.41, 5.74) is 7.66. The Hall–Kier alpha value is -2.44. The first-order chi connectivity index (χ1) is 10.7. The number of nitrogens with two attached hydrogens (primary N) is 1. The number of anilines is 1. The molecule has 22 heavy (non-hydrogen) atoms. The Morgan fingerprint density at radius 1 is 1.00 bits per heavy atom. The Bertz CT molecular complexity index is 942. The van der Waals surface area contributed by atoms with Gasteiger partial charge in [-0.1, -0.05) is 47.2 Å². The van der Waals surface area contributed by atoms with Gasteiger partial charge in [0, 0.05) is 5.56 Å². The van der Waals surface area contributed by atoms with Gasteiger partial charge in [-0.3, -0.25) is 0 Å². The lowest BCUT2D eigenvalue weighted by atomic mass is 10.2. The van der Waals surface area contributed by atoms with Crippen molar-refractivity contribution in [3.63, 3.8) is 0 Å². The van der Waals surface area contributed by atoms with Gasteiger partial charge in [0.05, 0.1) is 15.2 Å². The van der Waals surface area contributed by atoms with E-state index in [9.17, 15) is 0 Å². The van der Waals surface area contributed by atoms with Crippen molar-refractivity contribution in [2.24, 2.45) is 0 Å². The molecule has 0 amide bonds. The second-order valence-corrected chi connectivity index (χ2v) is 6.07. The summed E-state index contributed by atoms with van der Waals surface area (Å²) in [5, 5.41) is 5.72. The first-order valence-electron chi connectivity index (χ1n) is 6.56. The molecule has 2 heterocycles. The number of aromatic nitrogens is 4. The standard InChI is InChI=1S/C15H10ClN5S/c16-10-6-2-1-5-9(10)13-19-14(17)21(20-13)15-18-11-7-3-4-8-12(11)22-15/h1-8H,(H2,17,19,20). The zero-order chi connectivity index (χ0) is 15.1. The lowest BCUT2D eigenvalue weighted by Crippen LogP contribution is -2.01. The molecule has 0 aliphatic carbocycles. The summed E-state index contributed by atoms with van der Waals surface area (Å²) < 4.78 is 2.62. The number of hydrogen-bond acceptors (Lipinski definition) is 5. The predicted molar refractivity (Wildman–Crippen MR) is 89.4 cm³/mol. The zero-order valence-corrected chi connectivity index (χ0v) is 12.8. The molecule has 4 rings (SSSR count). The third-order valence-corrected chi connectivity index (χ3v) is 4.55. The van der Waals surface area contributed by atoms with Gasteiger partial charge in [-0.2, -0.15) is 9.67 Å². The Kier molecular flexibility index (Phi) is 3.06. The average molecular weight is 328 g/mol. The van der Waals surface area contributed by atoms with Gasteiger partial charge in [0.15, 0.2) is 5.82 Å². The van der Waals surface area contributed by atoms with E-state index in [4.69, 9.17) is 17.3 Å². The van der Waals surface area contributed by atoms with Gasteiger partial charge in [0.2, 0.25) is 11.1 Å². The summed E-state index contributed by atoms with van der Waals surface area (Å²) in [7, 11) is 0. The number of benzene rings is 2. The van der Waals surface area contributed by atoms with E-state index in [1.807, 2.05) is 42.5 Å². The molecule has 0 saturated carbocycles. The van der Waals surface area contributed by atoms with Gasteiger partial charge in [-0.05, 0) is 24.3 Å². The molecular weight excluding hydrogens is 318 g/mol. The summed E-state index contributed by atoms with van der Waals surface area (Å²) >= 11 is 7.70. The molecule has 0 aliphatic heterocycles. The lowest BCUT2D eigenvalue weighted by molar-refractivity contribution is 0.886. The van der Waals surface area contributed by atoms with Crippen LogP contribution in [0.3, 0.4) is 0 Å². The van der Waals surface area contributed by atoms with Crippen LogP contribution in [0.5, 0.6) is 0 Å². The molecule has 2 aromatic carbocycles. The van der Waals surface area contributed by atoms with Gasteiger partial charge in [-0.25, -0.2) is 4.98 Å². The van der Waals surface area contributed by atoms with Crippen molar-refractivity contribution < 1.29 is 0 Å². The van der Waals surface area contributed by atoms with Crippen LogP contribution in [0.4, 0.5) is 5.95 Å². The highest BCUT2D eigenvalue weighted by atomic mass is 35.5. The van der Waals surface area contributed by atoms with Crippen LogP contribution < -0.4 is 5.73 Å². The maximum atomic E-state index is 6.19. The normalized spacial score (nSPS) is 11.1. The Morgan fingerprint density at radius 2 is 1.77 bits per heavy atom. The minimum atomic E-state index is 0.286. The molecule has 2 N–H and O–H groups in total. The number of nitrogens with zero attached hydrogens (tertiary/aromatic N) is 4. The van der Waals surface area contributed by atoms with Crippen molar-refractivity contribution >= 4 is 39.1 Å². The predicted octanol–water partition coefficient (Wildman–Crippen LogP) is 3.78. The van der Waals surface area contributed by atoms with Crippen molar-refractivity contribution in [2.75, 3.05) is 5.73 Å². The van der Waals surface area contributed by atoms with E-state index in [2.05, 4.69) is 15.1 Å². The number of nitrogen functional groups attached to an aromatic ring is 1. The monoisotopic (exact) mass is 327 g/mol. The number of fused-ring (bicyclic) bond motifs is 1. The van der Waals surface area contributed by atoms with Crippen molar-refractivity contribution in [3.8, 4) is 16.5 Å². The summed E-state index contributed by atoms with van der Waals surface area (Å²) in [5.74, 6) is 0.774. The van der Waals surface area contributed by atoms with E-state index in [1.54, 1.807) is 10.7 Å². The van der Waals surface area contributed by atoms with Gasteiger partial charge < -0.3 is 5.73 Å². The van der Waals surface area contributed by atoms with Gasteiger partial charge in [-0.15, -0.1) is 5.10 Å². The Labute approximate surface area is 135 Å². The van der Waals surface area contributed by atoms with E-state index in [1.165, 1.54) is 11.3 Å².